The van der Waals surface area contributed by atoms with Crippen molar-refractivity contribution in [1.82, 2.24) is 0 Å². The molecule has 88 valence electrons. The summed E-state index contributed by atoms with van der Waals surface area (Å²) in [6.07, 6.45) is 0. The first-order valence-electron chi connectivity index (χ1n) is 4.93. The summed E-state index contributed by atoms with van der Waals surface area (Å²) in [4.78, 5) is 9.95. The minimum Gasteiger partial charge on any atom is -0.493 e. The molecule has 0 unspecified atom stereocenters. The smallest absolute Gasteiger partial charge is 0.269 e. The van der Waals surface area contributed by atoms with Gasteiger partial charge in [-0.2, -0.15) is 0 Å². The molecule has 0 bridgehead atoms. The third-order valence-corrected chi connectivity index (χ3v) is 2.11. The first-order valence-corrected chi connectivity index (χ1v) is 4.93. The average molecular weight is 225 g/mol. The fraction of sp³-hybridized carbons (Fsp3) is 0.455. The molecule has 1 N–H and O–H groups in total. The van der Waals surface area contributed by atoms with Crippen LogP contribution in [0.5, 0.6) is 5.75 Å². The van der Waals surface area contributed by atoms with Crippen LogP contribution >= 0.6 is 0 Å². The van der Waals surface area contributed by atoms with Gasteiger partial charge in [-0.15, -0.1) is 0 Å². The number of non-ortho nitro benzene ring substituents is 1. The Hall–Kier alpha value is -1.62. The minimum absolute atomic E-state index is 0.0278. The maximum absolute atomic E-state index is 10.4. The van der Waals surface area contributed by atoms with Crippen LogP contribution in [0.15, 0.2) is 24.3 Å². The van der Waals surface area contributed by atoms with Crippen molar-refractivity contribution in [3.63, 3.8) is 0 Å². The summed E-state index contributed by atoms with van der Waals surface area (Å²) in [5.74, 6) is 0.562. The number of hydrogen-bond donors (Lipinski definition) is 1. The molecule has 1 rings (SSSR count). The molecule has 1 aromatic rings. The van der Waals surface area contributed by atoms with Crippen molar-refractivity contribution in [3.05, 3.63) is 34.4 Å². The van der Waals surface area contributed by atoms with Gasteiger partial charge in [-0.05, 0) is 12.1 Å². The van der Waals surface area contributed by atoms with E-state index >= 15 is 0 Å². The molecule has 1 aromatic carbocycles. The Bertz CT molecular complexity index is 359. The van der Waals surface area contributed by atoms with Crippen molar-refractivity contribution < 1.29 is 14.8 Å². The van der Waals surface area contributed by atoms with Gasteiger partial charge in [-0.3, -0.25) is 10.1 Å². The number of aliphatic hydroxyl groups excluding tert-OH is 1. The van der Waals surface area contributed by atoms with E-state index < -0.39 is 4.92 Å². The summed E-state index contributed by atoms with van der Waals surface area (Å²) in [5, 5.41) is 19.4. The Morgan fingerprint density at radius 1 is 1.38 bits per heavy atom. The van der Waals surface area contributed by atoms with Gasteiger partial charge in [0.2, 0.25) is 0 Å². The van der Waals surface area contributed by atoms with Gasteiger partial charge in [0.05, 0.1) is 18.1 Å². The largest absolute Gasteiger partial charge is 0.493 e. The van der Waals surface area contributed by atoms with Gasteiger partial charge in [0.1, 0.15) is 5.75 Å². The van der Waals surface area contributed by atoms with Crippen LogP contribution in [0.3, 0.4) is 0 Å². The van der Waals surface area contributed by atoms with Crippen LogP contribution < -0.4 is 4.74 Å². The highest BCUT2D eigenvalue weighted by molar-refractivity contribution is 5.35. The molecule has 0 saturated heterocycles. The van der Waals surface area contributed by atoms with E-state index in [2.05, 4.69) is 0 Å². The van der Waals surface area contributed by atoms with Gasteiger partial charge in [-0.25, -0.2) is 0 Å². The van der Waals surface area contributed by atoms with Gasteiger partial charge in [0, 0.05) is 17.5 Å². The summed E-state index contributed by atoms with van der Waals surface area (Å²) < 4.78 is 5.41. The first-order chi connectivity index (χ1) is 7.44. The molecule has 0 spiro atoms. The third kappa shape index (κ3) is 3.51. The Morgan fingerprint density at radius 3 is 2.38 bits per heavy atom. The molecule has 0 radical (unpaired) electrons. The van der Waals surface area contributed by atoms with Crippen molar-refractivity contribution in [3.8, 4) is 5.75 Å². The topological polar surface area (TPSA) is 72.6 Å². The fourth-order valence-electron chi connectivity index (χ4n) is 0.988. The maximum atomic E-state index is 10.4. The Morgan fingerprint density at radius 2 is 1.94 bits per heavy atom. The van der Waals surface area contributed by atoms with E-state index in [4.69, 9.17) is 9.84 Å². The van der Waals surface area contributed by atoms with Gasteiger partial charge >= 0.3 is 0 Å². The van der Waals surface area contributed by atoms with E-state index in [0.717, 1.165) is 0 Å². The molecule has 0 fully saturated rings. The van der Waals surface area contributed by atoms with Crippen molar-refractivity contribution in [2.45, 2.75) is 13.8 Å². The highest BCUT2D eigenvalue weighted by Crippen LogP contribution is 2.20. The molecular weight excluding hydrogens is 210 g/mol. The third-order valence-electron chi connectivity index (χ3n) is 2.11. The van der Waals surface area contributed by atoms with E-state index in [9.17, 15) is 10.1 Å². The lowest BCUT2D eigenvalue weighted by molar-refractivity contribution is -0.384. The van der Waals surface area contributed by atoms with Gasteiger partial charge in [0.15, 0.2) is 0 Å². The molecule has 0 aliphatic carbocycles. The minimum atomic E-state index is -0.457. The predicted octanol–water partition coefficient (Wildman–Crippen LogP) is 1.99. The molecule has 0 amide bonds. The lowest BCUT2D eigenvalue weighted by Gasteiger charge is -2.21. The zero-order valence-corrected chi connectivity index (χ0v) is 9.34. The Balaban J connectivity index is 2.59. The second-order valence-corrected chi connectivity index (χ2v) is 4.36. The highest BCUT2D eigenvalue weighted by Gasteiger charge is 2.17. The van der Waals surface area contributed by atoms with Crippen LogP contribution in [0.25, 0.3) is 0 Å². The van der Waals surface area contributed by atoms with E-state index in [0.29, 0.717) is 12.4 Å². The fourth-order valence-corrected chi connectivity index (χ4v) is 0.988. The number of rotatable bonds is 5. The van der Waals surface area contributed by atoms with E-state index in [1.807, 2.05) is 13.8 Å². The zero-order valence-electron chi connectivity index (χ0n) is 9.34. The first kappa shape index (κ1) is 12.4. The average Bonchev–Trinajstić information content (AvgIpc) is 2.27. The van der Waals surface area contributed by atoms with Crippen LogP contribution in [0.2, 0.25) is 0 Å². The molecule has 0 heterocycles. The predicted molar refractivity (Wildman–Crippen MR) is 59.5 cm³/mol. The number of aliphatic hydroxyl groups is 1. The molecule has 0 atom stereocenters. The maximum Gasteiger partial charge on any atom is 0.269 e. The van der Waals surface area contributed by atoms with Crippen molar-refractivity contribution >= 4 is 5.69 Å². The van der Waals surface area contributed by atoms with Crippen molar-refractivity contribution in [1.29, 1.82) is 0 Å². The summed E-state index contributed by atoms with van der Waals surface area (Å²) in [6.45, 7) is 4.14. The Kier molecular flexibility index (Phi) is 3.84. The second kappa shape index (κ2) is 4.94. The lowest BCUT2D eigenvalue weighted by atomic mass is 9.97. The second-order valence-electron chi connectivity index (χ2n) is 4.36. The summed E-state index contributed by atoms with van der Waals surface area (Å²) >= 11 is 0. The number of nitro benzene ring substituents is 1. The Labute approximate surface area is 93.8 Å². The van der Waals surface area contributed by atoms with Crippen LogP contribution in [0.4, 0.5) is 5.69 Å². The molecule has 5 nitrogen and oxygen atoms in total. The SMILES string of the molecule is CC(C)(CO)COc1ccc([N+](=O)[O-])cc1. The van der Waals surface area contributed by atoms with Crippen LogP contribution in [-0.2, 0) is 0 Å². The normalized spacial score (nSPS) is 11.2. The van der Waals surface area contributed by atoms with E-state index in [-0.39, 0.29) is 17.7 Å². The standard InChI is InChI=1S/C11H15NO4/c1-11(2,7-13)8-16-10-5-3-9(4-6-10)12(14)15/h3-6,13H,7-8H2,1-2H3. The molecule has 16 heavy (non-hydrogen) atoms. The van der Waals surface area contributed by atoms with Crippen LogP contribution in [-0.4, -0.2) is 23.2 Å². The van der Waals surface area contributed by atoms with Crippen LogP contribution in [0, 0.1) is 15.5 Å². The number of hydrogen-bond acceptors (Lipinski definition) is 4. The molecule has 0 aromatic heterocycles. The monoisotopic (exact) mass is 225 g/mol. The summed E-state index contributed by atoms with van der Waals surface area (Å²) in [6, 6.07) is 5.87. The summed E-state index contributed by atoms with van der Waals surface area (Å²) in [7, 11) is 0. The molecule has 0 saturated carbocycles. The zero-order chi connectivity index (χ0) is 12.2. The lowest BCUT2D eigenvalue weighted by Crippen LogP contribution is -2.25. The van der Waals surface area contributed by atoms with Crippen LogP contribution in [0.1, 0.15) is 13.8 Å². The number of nitro groups is 1. The van der Waals surface area contributed by atoms with Crippen molar-refractivity contribution in [2.75, 3.05) is 13.2 Å². The molecule has 5 heteroatoms. The highest BCUT2D eigenvalue weighted by atomic mass is 16.6. The van der Waals surface area contributed by atoms with E-state index in [1.165, 1.54) is 12.1 Å². The number of nitrogens with zero attached hydrogens (tertiary/aromatic N) is 1. The van der Waals surface area contributed by atoms with Gasteiger partial charge in [-0.1, -0.05) is 13.8 Å². The molecule has 0 aliphatic rings. The van der Waals surface area contributed by atoms with E-state index in [1.54, 1.807) is 12.1 Å². The summed E-state index contributed by atoms with van der Waals surface area (Å²) in [5.41, 5.74) is -0.282. The number of benzene rings is 1. The molecular formula is C11H15NO4. The quantitative estimate of drug-likeness (QED) is 0.614. The van der Waals surface area contributed by atoms with Gasteiger partial charge in [0.25, 0.3) is 5.69 Å². The van der Waals surface area contributed by atoms with Crippen molar-refractivity contribution in [2.24, 2.45) is 5.41 Å². The molecule has 0 aliphatic heterocycles. The van der Waals surface area contributed by atoms with Gasteiger partial charge < -0.3 is 9.84 Å². The number of ether oxygens (including phenoxy) is 1.